The molecule has 0 saturated heterocycles. The number of hydrogen-bond donors (Lipinski definition) is 1. The average molecular weight is 688 g/mol. The molecule has 1 aliphatic heterocycles. The van der Waals surface area contributed by atoms with Crippen molar-refractivity contribution in [3.8, 4) is 5.69 Å². The molecule has 11 rings (SSSR count). The molecule has 0 aliphatic carbocycles. The van der Waals surface area contributed by atoms with Crippen molar-refractivity contribution in [1.82, 2.24) is 14.6 Å². The summed E-state index contributed by atoms with van der Waals surface area (Å²) in [6, 6.07) is 56.0. The summed E-state index contributed by atoms with van der Waals surface area (Å²) >= 11 is 3.76. The molecule has 10 aromatic rings. The van der Waals surface area contributed by atoms with Gasteiger partial charge in [0, 0.05) is 41.7 Å². The van der Waals surface area contributed by atoms with E-state index < -0.39 is 0 Å². The van der Waals surface area contributed by atoms with Gasteiger partial charge in [-0.1, -0.05) is 102 Å². The van der Waals surface area contributed by atoms with Crippen molar-refractivity contribution in [3.63, 3.8) is 0 Å². The molecule has 0 bridgehead atoms. The average Bonchev–Trinajstić information content (AvgIpc) is 3.88. The van der Waals surface area contributed by atoms with Gasteiger partial charge in [-0.3, -0.25) is 0 Å². The van der Waals surface area contributed by atoms with Crippen LogP contribution in [0.1, 0.15) is 16.7 Å². The fourth-order valence-corrected chi connectivity index (χ4v) is 10.3. The number of amidine groups is 3. The summed E-state index contributed by atoms with van der Waals surface area (Å²) in [5, 5.41) is 11.2. The minimum Gasteiger partial charge on any atom is -0.309 e. The molecule has 0 fully saturated rings. The molecule has 6 heteroatoms. The van der Waals surface area contributed by atoms with Crippen LogP contribution < -0.4 is 9.98 Å². The van der Waals surface area contributed by atoms with Crippen molar-refractivity contribution >= 4 is 102 Å². The summed E-state index contributed by atoms with van der Waals surface area (Å²) in [6.45, 7) is 0. The molecular weight excluding hydrogens is 661 g/mol. The highest BCUT2D eigenvalue weighted by Crippen LogP contribution is 2.47. The van der Waals surface area contributed by atoms with Crippen molar-refractivity contribution < 1.29 is 0 Å². The number of fused-ring (bicyclic) bond motifs is 10. The maximum atomic E-state index is 5.16. The van der Waals surface area contributed by atoms with E-state index >= 15 is 0 Å². The topological polar surface area (TPSA) is 43.4 Å². The van der Waals surface area contributed by atoms with Gasteiger partial charge in [0.05, 0.1) is 42.8 Å². The SMILES string of the molecule is c1ccc(C2=[N+]=C(c3ccccc3)NC(c3cccc4sc5c(ccc6c5sc5cccc(-n7c8ccccc8c8ccccc87)c56)c34)=N2)cc1. The molecule has 51 heavy (non-hydrogen) atoms. The molecule has 4 nitrogen and oxygen atoms in total. The largest absolute Gasteiger partial charge is 0.360 e. The highest BCUT2D eigenvalue weighted by Gasteiger charge is 2.28. The Morgan fingerprint density at radius 1 is 0.490 bits per heavy atom. The van der Waals surface area contributed by atoms with Gasteiger partial charge >= 0.3 is 11.7 Å². The highest BCUT2D eigenvalue weighted by molar-refractivity contribution is 7.33. The third-order valence-electron chi connectivity index (χ3n) is 9.93. The van der Waals surface area contributed by atoms with E-state index in [0.717, 1.165) is 28.4 Å². The number of para-hydroxylation sites is 2. The Hall–Kier alpha value is -6.30. The number of rotatable bonds is 4. The molecule has 7 aromatic carbocycles. The van der Waals surface area contributed by atoms with Crippen LogP contribution in [0.2, 0.25) is 0 Å². The Kier molecular flexibility index (Phi) is 6.21. The molecule has 4 heterocycles. The maximum absolute atomic E-state index is 5.16. The highest BCUT2D eigenvalue weighted by atomic mass is 32.1. The molecule has 0 unspecified atom stereocenters. The smallest absolute Gasteiger partial charge is 0.309 e. The minimum absolute atomic E-state index is 0.698. The molecule has 1 N–H and O–H groups in total. The number of aromatic nitrogens is 1. The van der Waals surface area contributed by atoms with Crippen LogP contribution >= 0.6 is 22.7 Å². The quantitative estimate of drug-likeness (QED) is 0.184. The zero-order valence-electron chi connectivity index (χ0n) is 27.2. The van der Waals surface area contributed by atoms with Crippen molar-refractivity contribution in [3.05, 3.63) is 174 Å². The number of hydrogen-bond acceptors (Lipinski definition) is 4. The fraction of sp³-hybridized carbons (Fsp3) is 0. The number of benzene rings is 7. The monoisotopic (exact) mass is 687 g/mol. The van der Waals surface area contributed by atoms with E-state index in [9.17, 15) is 0 Å². The first-order valence-electron chi connectivity index (χ1n) is 17.0. The first-order chi connectivity index (χ1) is 25.3. The van der Waals surface area contributed by atoms with Gasteiger partial charge in [0.15, 0.2) is 0 Å². The van der Waals surface area contributed by atoms with E-state index in [1.165, 1.54) is 67.8 Å². The molecule has 3 aromatic heterocycles. The lowest BCUT2D eigenvalue weighted by Crippen LogP contribution is -2.38. The number of aliphatic imine (C=N–C) groups is 1. The molecule has 1 aliphatic rings. The molecule has 0 radical (unpaired) electrons. The molecule has 0 saturated carbocycles. The van der Waals surface area contributed by atoms with Crippen LogP contribution in [0.5, 0.6) is 0 Å². The van der Waals surface area contributed by atoms with Crippen molar-refractivity contribution in [1.29, 1.82) is 0 Å². The molecule has 0 spiro atoms. The van der Waals surface area contributed by atoms with Crippen LogP contribution in [0.3, 0.4) is 0 Å². The third-order valence-corrected chi connectivity index (χ3v) is 12.4. The van der Waals surface area contributed by atoms with Gasteiger partial charge in [0.25, 0.3) is 5.84 Å². The van der Waals surface area contributed by atoms with Crippen LogP contribution in [-0.4, -0.2) is 22.1 Å². The molecule has 0 atom stereocenters. The lowest BCUT2D eigenvalue weighted by atomic mass is 10.0. The van der Waals surface area contributed by atoms with Gasteiger partial charge < -0.3 is 4.57 Å². The van der Waals surface area contributed by atoms with Crippen LogP contribution in [0.15, 0.2) is 163 Å². The second kappa shape index (κ2) is 11.1. The lowest BCUT2D eigenvalue weighted by molar-refractivity contribution is 1.20. The minimum atomic E-state index is 0.698. The number of nitrogens with zero attached hydrogens (tertiary/aromatic N) is 3. The molecular formula is C45H27N4S2+. The first-order valence-corrected chi connectivity index (χ1v) is 18.6. The van der Waals surface area contributed by atoms with Gasteiger partial charge in [-0.2, -0.15) is 0 Å². The van der Waals surface area contributed by atoms with E-state index in [0.29, 0.717) is 5.84 Å². The summed E-state index contributed by atoms with van der Waals surface area (Å²) in [6.07, 6.45) is 0. The standard InChI is InChI=1S/C45H26N4S2/c1-3-13-27(14-4-1)43-46-44(28-15-5-2-6-16-28)48-45(47-43)33-19-11-23-37-39(33)31-25-26-32-40-36(22-12-24-38(40)51-42(32)41(31)50-37)49-34-20-9-7-17-29(34)30-18-8-10-21-35(30)49/h1-26H/p+1. The summed E-state index contributed by atoms with van der Waals surface area (Å²) in [5.74, 6) is 2.29. The van der Waals surface area contributed by atoms with E-state index in [1.807, 2.05) is 59.1 Å². The Morgan fingerprint density at radius 2 is 1.06 bits per heavy atom. The van der Waals surface area contributed by atoms with Crippen LogP contribution in [-0.2, 0) is 0 Å². The normalized spacial score (nSPS) is 13.3. The Bertz CT molecular complexity index is 3090. The predicted octanol–water partition coefficient (Wildman–Crippen LogP) is 10.8. The number of nitrogens with one attached hydrogen (secondary N) is 1. The second-order valence-electron chi connectivity index (χ2n) is 12.8. The van der Waals surface area contributed by atoms with Crippen LogP contribution in [0.4, 0.5) is 0 Å². The van der Waals surface area contributed by atoms with E-state index in [2.05, 4.69) is 131 Å². The van der Waals surface area contributed by atoms with Gasteiger partial charge in [-0.25, -0.2) is 9.98 Å². The summed E-state index contributed by atoms with van der Waals surface area (Å²) in [7, 11) is 0. The summed E-state index contributed by atoms with van der Waals surface area (Å²) < 4.78 is 12.6. The van der Waals surface area contributed by atoms with Gasteiger partial charge in [0.2, 0.25) is 0 Å². The van der Waals surface area contributed by atoms with Crippen molar-refractivity contribution in [2.75, 3.05) is 0 Å². The fourth-order valence-electron chi connectivity index (χ4n) is 7.70. The lowest BCUT2D eigenvalue weighted by Gasteiger charge is -2.10. The second-order valence-corrected chi connectivity index (χ2v) is 14.9. The summed E-state index contributed by atoms with van der Waals surface area (Å²) in [5.41, 5.74) is 6.75. The Labute approximate surface area is 300 Å². The molecule has 0 amide bonds. The maximum Gasteiger partial charge on any atom is 0.360 e. The molecule has 238 valence electrons. The first kappa shape index (κ1) is 28.5. The predicted molar refractivity (Wildman–Crippen MR) is 219 cm³/mol. The zero-order valence-corrected chi connectivity index (χ0v) is 28.8. The third kappa shape index (κ3) is 4.32. The van der Waals surface area contributed by atoms with Crippen molar-refractivity contribution in [2.24, 2.45) is 4.99 Å². The Balaban J connectivity index is 1.13. The van der Waals surface area contributed by atoms with Crippen molar-refractivity contribution in [2.45, 2.75) is 0 Å². The number of thiophene rings is 2. The van der Waals surface area contributed by atoms with E-state index in [1.54, 1.807) is 0 Å². The van der Waals surface area contributed by atoms with Crippen LogP contribution in [0.25, 0.3) is 67.8 Å². The van der Waals surface area contributed by atoms with E-state index in [-0.39, 0.29) is 0 Å². The van der Waals surface area contributed by atoms with Gasteiger partial charge in [-0.15, -0.1) is 22.7 Å². The Morgan fingerprint density at radius 3 is 1.75 bits per heavy atom. The van der Waals surface area contributed by atoms with Gasteiger partial charge in [-0.05, 0) is 60.7 Å². The van der Waals surface area contributed by atoms with Gasteiger partial charge in [0.1, 0.15) is 0 Å². The van der Waals surface area contributed by atoms with E-state index in [4.69, 9.17) is 9.66 Å². The summed E-state index contributed by atoms with van der Waals surface area (Å²) in [4.78, 5) is 5.16. The zero-order chi connectivity index (χ0) is 33.5. The van der Waals surface area contributed by atoms with Crippen LogP contribution in [0, 0.1) is 0 Å².